The lowest BCUT2D eigenvalue weighted by atomic mass is 10.6. The van der Waals surface area contributed by atoms with E-state index in [0.29, 0.717) is 12.4 Å². The second-order valence-corrected chi connectivity index (χ2v) is 3.62. The van der Waals surface area contributed by atoms with Crippen LogP contribution in [0.1, 0.15) is 12.7 Å². The normalized spacial score (nSPS) is 11.9. The van der Waals surface area contributed by atoms with Crippen LogP contribution in [-0.2, 0) is 16.8 Å². The first kappa shape index (κ1) is 9.18. The lowest BCUT2D eigenvalue weighted by Crippen LogP contribution is -2.05. The van der Waals surface area contributed by atoms with Gasteiger partial charge in [0.15, 0.2) is 5.03 Å². The summed E-state index contributed by atoms with van der Waals surface area (Å²) in [5.41, 5.74) is 0. The standard InChI is InChI=1S/C6H9FN2O2S/c1-3-9-5(2)8-4-6(9)12(7,10)11/h4H,3H2,1-2H3. The van der Waals surface area contributed by atoms with E-state index in [2.05, 4.69) is 4.98 Å². The van der Waals surface area contributed by atoms with E-state index in [1.165, 1.54) is 4.57 Å². The van der Waals surface area contributed by atoms with E-state index in [1.807, 2.05) is 0 Å². The molecule has 0 aliphatic heterocycles. The Kier molecular flexibility index (Phi) is 2.18. The molecule has 6 heteroatoms. The molecule has 0 bridgehead atoms. The van der Waals surface area contributed by atoms with Gasteiger partial charge >= 0.3 is 10.2 Å². The van der Waals surface area contributed by atoms with Crippen molar-refractivity contribution in [1.82, 2.24) is 9.55 Å². The summed E-state index contributed by atoms with van der Waals surface area (Å²) in [5.74, 6) is 0.494. The Balaban J connectivity index is 3.36. The third-order valence-corrected chi connectivity index (χ3v) is 2.41. The van der Waals surface area contributed by atoms with Gasteiger partial charge in [-0.25, -0.2) is 4.98 Å². The molecule has 0 unspecified atom stereocenters. The summed E-state index contributed by atoms with van der Waals surface area (Å²) < 4.78 is 34.8. The highest BCUT2D eigenvalue weighted by atomic mass is 32.3. The van der Waals surface area contributed by atoms with Crippen molar-refractivity contribution >= 4 is 10.2 Å². The van der Waals surface area contributed by atoms with Gasteiger partial charge in [0.05, 0.1) is 6.20 Å². The Morgan fingerprint density at radius 1 is 1.67 bits per heavy atom. The summed E-state index contributed by atoms with van der Waals surface area (Å²) in [5, 5.41) is -0.373. The van der Waals surface area contributed by atoms with Crippen LogP contribution in [0.2, 0.25) is 0 Å². The van der Waals surface area contributed by atoms with Gasteiger partial charge in [-0.05, 0) is 13.8 Å². The van der Waals surface area contributed by atoms with Crippen molar-refractivity contribution in [1.29, 1.82) is 0 Å². The van der Waals surface area contributed by atoms with Crippen molar-refractivity contribution in [3.8, 4) is 0 Å². The molecule has 0 aliphatic rings. The van der Waals surface area contributed by atoms with Crippen LogP contribution in [0, 0.1) is 6.92 Å². The van der Waals surface area contributed by atoms with Gasteiger partial charge in [-0.15, -0.1) is 0 Å². The zero-order valence-corrected chi connectivity index (χ0v) is 7.60. The summed E-state index contributed by atoms with van der Waals surface area (Å²) in [6.45, 7) is 3.74. The summed E-state index contributed by atoms with van der Waals surface area (Å²) in [4.78, 5) is 3.70. The highest BCUT2D eigenvalue weighted by Gasteiger charge is 2.18. The molecule has 1 aromatic rings. The molecule has 1 heterocycles. The fourth-order valence-corrected chi connectivity index (χ4v) is 1.73. The van der Waals surface area contributed by atoms with Crippen molar-refractivity contribution < 1.29 is 12.3 Å². The lowest BCUT2D eigenvalue weighted by molar-refractivity contribution is 0.533. The van der Waals surface area contributed by atoms with Gasteiger partial charge in [-0.3, -0.25) is 0 Å². The van der Waals surface area contributed by atoms with Gasteiger partial charge < -0.3 is 4.57 Å². The predicted molar refractivity (Wildman–Crippen MR) is 40.9 cm³/mol. The highest BCUT2D eigenvalue weighted by Crippen LogP contribution is 2.13. The zero-order valence-electron chi connectivity index (χ0n) is 6.78. The number of halogens is 1. The molecule has 0 atom stereocenters. The van der Waals surface area contributed by atoms with Crippen LogP contribution in [0.5, 0.6) is 0 Å². The first-order valence-electron chi connectivity index (χ1n) is 3.43. The number of imidazole rings is 1. The minimum atomic E-state index is -4.62. The number of hydrogen-bond donors (Lipinski definition) is 0. The first-order valence-corrected chi connectivity index (χ1v) is 4.82. The maximum atomic E-state index is 12.5. The first-order chi connectivity index (χ1) is 5.46. The van der Waals surface area contributed by atoms with Gasteiger partial charge in [0.1, 0.15) is 5.82 Å². The number of nitrogens with zero attached hydrogens (tertiary/aromatic N) is 2. The number of aryl methyl sites for hydroxylation is 1. The number of aromatic nitrogens is 2. The largest absolute Gasteiger partial charge is 0.349 e. The van der Waals surface area contributed by atoms with E-state index in [0.717, 1.165) is 6.20 Å². The van der Waals surface area contributed by atoms with Crippen LogP contribution in [0.3, 0.4) is 0 Å². The quantitative estimate of drug-likeness (QED) is 0.653. The number of hydrogen-bond acceptors (Lipinski definition) is 3. The SMILES string of the molecule is CCn1c(S(=O)(=O)F)cnc1C. The molecule has 68 valence electrons. The smallest absolute Gasteiger partial charge is 0.317 e. The van der Waals surface area contributed by atoms with E-state index in [1.54, 1.807) is 13.8 Å². The Bertz CT molecular complexity index is 382. The molecule has 1 rings (SSSR count). The third kappa shape index (κ3) is 1.47. The number of rotatable bonds is 2. The monoisotopic (exact) mass is 192 g/mol. The second-order valence-electron chi connectivity index (χ2n) is 2.33. The van der Waals surface area contributed by atoms with Crippen molar-refractivity contribution in [3.05, 3.63) is 12.0 Å². The molecule has 0 fully saturated rings. The van der Waals surface area contributed by atoms with Crippen molar-refractivity contribution in [2.75, 3.05) is 0 Å². The second kappa shape index (κ2) is 2.85. The average molecular weight is 192 g/mol. The fraction of sp³-hybridized carbons (Fsp3) is 0.500. The molecule has 4 nitrogen and oxygen atoms in total. The molecule has 12 heavy (non-hydrogen) atoms. The fourth-order valence-electron chi connectivity index (χ4n) is 1.03. The van der Waals surface area contributed by atoms with Crippen LogP contribution in [0.25, 0.3) is 0 Å². The Morgan fingerprint density at radius 2 is 2.25 bits per heavy atom. The average Bonchev–Trinajstić information content (AvgIpc) is 2.29. The van der Waals surface area contributed by atoms with Gasteiger partial charge in [0.25, 0.3) is 0 Å². The van der Waals surface area contributed by atoms with Gasteiger partial charge in [-0.1, -0.05) is 3.89 Å². The molecule has 0 spiro atoms. The van der Waals surface area contributed by atoms with E-state index in [9.17, 15) is 12.3 Å². The van der Waals surface area contributed by atoms with Crippen molar-refractivity contribution in [3.63, 3.8) is 0 Å². The Labute approximate surface area is 70.3 Å². The summed E-state index contributed by atoms with van der Waals surface area (Å²) in [6, 6.07) is 0. The van der Waals surface area contributed by atoms with Gasteiger partial charge in [-0.2, -0.15) is 8.42 Å². The van der Waals surface area contributed by atoms with Crippen LogP contribution in [-0.4, -0.2) is 18.0 Å². The Hall–Kier alpha value is -0.910. The van der Waals surface area contributed by atoms with Crippen LogP contribution < -0.4 is 0 Å². The molecule has 1 aromatic heterocycles. The predicted octanol–water partition coefficient (Wildman–Crippen LogP) is 0.870. The van der Waals surface area contributed by atoms with Gasteiger partial charge in [0.2, 0.25) is 0 Å². The minimum Gasteiger partial charge on any atom is -0.317 e. The maximum absolute atomic E-state index is 12.5. The molecule has 0 aromatic carbocycles. The molecule has 0 saturated heterocycles. The maximum Gasteiger partial charge on any atom is 0.349 e. The molecule has 0 aliphatic carbocycles. The van der Waals surface area contributed by atoms with E-state index in [-0.39, 0.29) is 5.03 Å². The topological polar surface area (TPSA) is 52.0 Å². The zero-order chi connectivity index (χ0) is 9.35. The van der Waals surface area contributed by atoms with Crippen LogP contribution in [0.15, 0.2) is 11.2 Å². The summed E-state index contributed by atoms with van der Waals surface area (Å²) in [6.07, 6.45) is 1.02. The molecular formula is C6H9FN2O2S. The Morgan fingerprint density at radius 3 is 2.58 bits per heavy atom. The summed E-state index contributed by atoms with van der Waals surface area (Å²) in [7, 11) is -4.62. The van der Waals surface area contributed by atoms with Crippen LogP contribution >= 0.6 is 0 Å². The van der Waals surface area contributed by atoms with E-state index in [4.69, 9.17) is 0 Å². The molecule has 0 saturated carbocycles. The van der Waals surface area contributed by atoms with Crippen molar-refractivity contribution in [2.45, 2.75) is 25.4 Å². The molecule has 0 radical (unpaired) electrons. The van der Waals surface area contributed by atoms with Crippen LogP contribution in [0.4, 0.5) is 3.89 Å². The van der Waals surface area contributed by atoms with Crippen molar-refractivity contribution in [2.24, 2.45) is 0 Å². The highest BCUT2D eigenvalue weighted by molar-refractivity contribution is 7.86. The van der Waals surface area contributed by atoms with E-state index >= 15 is 0 Å². The molecule has 0 amide bonds. The molecular weight excluding hydrogens is 183 g/mol. The van der Waals surface area contributed by atoms with Gasteiger partial charge in [0, 0.05) is 6.54 Å². The minimum absolute atomic E-state index is 0.373. The summed E-state index contributed by atoms with van der Waals surface area (Å²) >= 11 is 0. The van der Waals surface area contributed by atoms with E-state index < -0.39 is 10.2 Å². The molecule has 0 N–H and O–H groups in total. The third-order valence-electron chi connectivity index (χ3n) is 1.58. The lowest BCUT2D eigenvalue weighted by Gasteiger charge is -2.01.